The Balaban J connectivity index is 1.88. The minimum Gasteiger partial charge on any atom is -0.330 e. The highest BCUT2D eigenvalue weighted by Gasteiger charge is 2.28. The third-order valence-corrected chi connectivity index (χ3v) is 5.73. The molecule has 0 aromatic heterocycles. The summed E-state index contributed by atoms with van der Waals surface area (Å²) in [4.78, 5) is 0. The van der Waals surface area contributed by atoms with Crippen LogP contribution < -0.4 is 5.73 Å². The van der Waals surface area contributed by atoms with Crippen molar-refractivity contribution in [1.29, 1.82) is 0 Å². The van der Waals surface area contributed by atoms with Crippen LogP contribution in [0, 0.1) is 11.8 Å². The monoisotopic (exact) mass is 263 g/mol. The van der Waals surface area contributed by atoms with Crippen LogP contribution >= 0.6 is 11.8 Å². The SMILES string of the molecule is CCC1CCC(CN)C(SCc2ccccc2)C1. The van der Waals surface area contributed by atoms with E-state index in [1.54, 1.807) is 0 Å². The standard InChI is InChI=1S/C16H25NS/c1-2-13-8-9-15(11-17)16(10-13)18-12-14-6-4-3-5-7-14/h3-7,13,15-16H,2,8-12,17H2,1H3. The van der Waals surface area contributed by atoms with Crippen LogP contribution in [0.3, 0.4) is 0 Å². The molecule has 0 saturated heterocycles. The second kappa shape index (κ2) is 7.20. The molecule has 1 aliphatic carbocycles. The van der Waals surface area contributed by atoms with Gasteiger partial charge < -0.3 is 5.73 Å². The third kappa shape index (κ3) is 3.76. The van der Waals surface area contributed by atoms with Crippen molar-refractivity contribution in [2.45, 2.75) is 43.6 Å². The zero-order chi connectivity index (χ0) is 12.8. The molecule has 0 heterocycles. The van der Waals surface area contributed by atoms with Crippen LogP contribution in [0.5, 0.6) is 0 Å². The van der Waals surface area contributed by atoms with Gasteiger partial charge in [0.15, 0.2) is 0 Å². The summed E-state index contributed by atoms with van der Waals surface area (Å²) in [6.45, 7) is 3.19. The Morgan fingerprint density at radius 2 is 2.00 bits per heavy atom. The topological polar surface area (TPSA) is 26.0 Å². The molecule has 0 spiro atoms. The van der Waals surface area contributed by atoms with Gasteiger partial charge in [-0.3, -0.25) is 0 Å². The molecule has 2 rings (SSSR count). The van der Waals surface area contributed by atoms with E-state index in [4.69, 9.17) is 5.73 Å². The summed E-state index contributed by atoms with van der Waals surface area (Å²) < 4.78 is 0. The van der Waals surface area contributed by atoms with Crippen molar-refractivity contribution < 1.29 is 0 Å². The summed E-state index contributed by atoms with van der Waals surface area (Å²) >= 11 is 2.12. The predicted octanol–water partition coefficient (Wildman–Crippen LogP) is 4.07. The van der Waals surface area contributed by atoms with Gasteiger partial charge in [0.2, 0.25) is 0 Å². The van der Waals surface area contributed by atoms with Crippen LogP contribution in [0.2, 0.25) is 0 Å². The van der Waals surface area contributed by atoms with Gasteiger partial charge in [-0.05, 0) is 36.8 Å². The first-order valence-corrected chi connectivity index (χ1v) is 8.24. The number of nitrogens with two attached hydrogens (primary N) is 1. The van der Waals surface area contributed by atoms with E-state index in [1.807, 2.05) is 0 Å². The summed E-state index contributed by atoms with van der Waals surface area (Å²) in [5, 5.41) is 0.772. The summed E-state index contributed by atoms with van der Waals surface area (Å²) in [7, 11) is 0. The Morgan fingerprint density at radius 3 is 2.67 bits per heavy atom. The van der Waals surface area contributed by atoms with E-state index in [0.717, 1.165) is 29.4 Å². The van der Waals surface area contributed by atoms with Crippen molar-refractivity contribution in [3.05, 3.63) is 35.9 Å². The van der Waals surface area contributed by atoms with Crippen molar-refractivity contribution in [2.24, 2.45) is 17.6 Å². The number of hydrogen-bond donors (Lipinski definition) is 1. The zero-order valence-electron chi connectivity index (χ0n) is 11.3. The molecular weight excluding hydrogens is 238 g/mol. The molecule has 2 N–H and O–H groups in total. The van der Waals surface area contributed by atoms with Gasteiger partial charge in [-0.15, -0.1) is 0 Å². The van der Waals surface area contributed by atoms with Crippen molar-refractivity contribution in [3.63, 3.8) is 0 Å². The van der Waals surface area contributed by atoms with Crippen molar-refractivity contribution in [2.75, 3.05) is 6.54 Å². The van der Waals surface area contributed by atoms with E-state index < -0.39 is 0 Å². The molecule has 100 valence electrons. The normalized spacial score (nSPS) is 28.2. The van der Waals surface area contributed by atoms with E-state index in [0.29, 0.717) is 0 Å². The lowest BCUT2D eigenvalue weighted by Gasteiger charge is -2.35. The van der Waals surface area contributed by atoms with Crippen LogP contribution in [0.1, 0.15) is 38.2 Å². The van der Waals surface area contributed by atoms with Crippen LogP contribution in [0.4, 0.5) is 0 Å². The molecule has 0 bridgehead atoms. The molecule has 1 aliphatic rings. The fourth-order valence-corrected chi connectivity index (χ4v) is 4.42. The lowest BCUT2D eigenvalue weighted by atomic mass is 9.80. The molecule has 1 aromatic carbocycles. The zero-order valence-corrected chi connectivity index (χ0v) is 12.2. The van der Waals surface area contributed by atoms with E-state index in [-0.39, 0.29) is 0 Å². The lowest BCUT2D eigenvalue weighted by Crippen LogP contribution is -2.32. The highest BCUT2D eigenvalue weighted by molar-refractivity contribution is 7.99. The molecule has 0 radical (unpaired) electrons. The van der Waals surface area contributed by atoms with Gasteiger partial charge in [0.05, 0.1) is 0 Å². The average molecular weight is 263 g/mol. The number of thioether (sulfide) groups is 1. The van der Waals surface area contributed by atoms with Crippen LogP contribution in [-0.2, 0) is 5.75 Å². The Labute approximate surface area is 116 Å². The van der Waals surface area contributed by atoms with Gasteiger partial charge in [-0.1, -0.05) is 50.1 Å². The van der Waals surface area contributed by atoms with Crippen LogP contribution in [-0.4, -0.2) is 11.8 Å². The highest BCUT2D eigenvalue weighted by Crippen LogP contribution is 2.38. The fourth-order valence-electron chi connectivity index (χ4n) is 2.90. The molecule has 18 heavy (non-hydrogen) atoms. The quantitative estimate of drug-likeness (QED) is 0.866. The van der Waals surface area contributed by atoms with Crippen molar-refractivity contribution in [1.82, 2.24) is 0 Å². The summed E-state index contributed by atoms with van der Waals surface area (Å²) in [5.74, 6) is 2.81. The Bertz CT molecular complexity index is 338. The van der Waals surface area contributed by atoms with E-state index in [1.165, 1.54) is 31.2 Å². The molecule has 0 amide bonds. The minimum absolute atomic E-state index is 0.738. The molecule has 2 heteroatoms. The van der Waals surface area contributed by atoms with Gasteiger partial charge in [0, 0.05) is 11.0 Å². The summed E-state index contributed by atoms with van der Waals surface area (Å²) in [6.07, 6.45) is 5.43. The van der Waals surface area contributed by atoms with Gasteiger partial charge >= 0.3 is 0 Å². The maximum Gasteiger partial charge on any atom is 0.0187 e. The van der Waals surface area contributed by atoms with Gasteiger partial charge in [0.25, 0.3) is 0 Å². The molecular formula is C16H25NS. The number of benzene rings is 1. The average Bonchev–Trinajstić information content (AvgIpc) is 2.45. The fraction of sp³-hybridized carbons (Fsp3) is 0.625. The molecule has 1 fully saturated rings. The van der Waals surface area contributed by atoms with Gasteiger partial charge in [0.1, 0.15) is 0 Å². The lowest BCUT2D eigenvalue weighted by molar-refractivity contribution is 0.283. The first-order chi connectivity index (χ1) is 8.83. The first-order valence-electron chi connectivity index (χ1n) is 7.19. The smallest absolute Gasteiger partial charge is 0.0187 e. The minimum atomic E-state index is 0.738. The van der Waals surface area contributed by atoms with Gasteiger partial charge in [-0.2, -0.15) is 11.8 Å². The van der Waals surface area contributed by atoms with Gasteiger partial charge in [-0.25, -0.2) is 0 Å². The second-order valence-electron chi connectivity index (χ2n) is 5.42. The summed E-state index contributed by atoms with van der Waals surface area (Å²) in [6, 6.07) is 10.8. The van der Waals surface area contributed by atoms with Crippen LogP contribution in [0.15, 0.2) is 30.3 Å². The third-order valence-electron chi connectivity index (χ3n) is 4.22. The molecule has 3 unspecified atom stereocenters. The van der Waals surface area contributed by atoms with E-state index in [9.17, 15) is 0 Å². The van der Waals surface area contributed by atoms with Crippen molar-refractivity contribution in [3.8, 4) is 0 Å². The Kier molecular flexibility index (Phi) is 5.58. The Morgan fingerprint density at radius 1 is 1.22 bits per heavy atom. The summed E-state index contributed by atoms with van der Waals surface area (Å²) in [5.41, 5.74) is 7.38. The maximum atomic E-state index is 5.94. The molecule has 3 atom stereocenters. The Hall–Kier alpha value is -0.470. The van der Waals surface area contributed by atoms with Crippen LogP contribution in [0.25, 0.3) is 0 Å². The van der Waals surface area contributed by atoms with E-state index in [2.05, 4.69) is 49.0 Å². The number of rotatable bonds is 5. The molecule has 1 nitrogen and oxygen atoms in total. The van der Waals surface area contributed by atoms with E-state index >= 15 is 0 Å². The largest absolute Gasteiger partial charge is 0.330 e. The molecule has 1 saturated carbocycles. The molecule has 0 aliphatic heterocycles. The first kappa shape index (κ1) is 14.0. The second-order valence-corrected chi connectivity index (χ2v) is 6.65. The molecule has 1 aromatic rings. The highest BCUT2D eigenvalue weighted by atomic mass is 32.2. The predicted molar refractivity (Wildman–Crippen MR) is 81.7 cm³/mol. The van der Waals surface area contributed by atoms with Crippen molar-refractivity contribution >= 4 is 11.8 Å². The maximum absolute atomic E-state index is 5.94. The number of hydrogen-bond acceptors (Lipinski definition) is 2.